The number of halogens is 1. The van der Waals surface area contributed by atoms with Crippen LogP contribution in [0, 0.1) is 0 Å². The summed E-state index contributed by atoms with van der Waals surface area (Å²) >= 11 is 5.81. The maximum absolute atomic E-state index is 11.7. The van der Waals surface area contributed by atoms with Crippen molar-refractivity contribution in [2.45, 2.75) is 18.7 Å². The zero-order valence-corrected chi connectivity index (χ0v) is 11.5. The number of hydrogen-bond acceptors (Lipinski definition) is 4. The highest BCUT2D eigenvalue weighted by molar-refractivity contribution is 6.17. The quantitative estimate of drug-likeness (QED) is 0.522. The molecule has 0 fully saturated rings. The molecule has 0 unspecified atom stereocenters. The number of rotatable bonds is 5. The van der Waals surface area contributed by atoms with Crippen LogP contribution in [0.2, 0.25) is 0 Å². The smallest absolute Gasteiger partial charge is 0.311 e. The highest BCUT2D eigenvalue weighted by Crippen LogP contribution is 2.17. The van der Waals surface area contributed by atoms with Crippen LogP contribution in [0.15, 0.2) is 42.6 Å². The van der Waals surface area contributed by atoms with E-state index in [0.29, 0.717) is 18.1 Å². The molecule has 0 spiro atoms. The molecule has 5 heteroatoms. The number of carbonyl (C=O) groups excluding carboxylic acids is 1. The first-order valence-electron chi connectivity index (χ1n) is 6.17. The molecule has 1 aromatic heterocycles. The van der Waals surface area contributed by atoms with Crippen molar-refractivity contribution in [3.8, 4) is 11.5 Å². The first kappa shape index (κ1) is 14.3. The third-order valence-electron chi connectivity index (χ3n) is 2.76. The van der Waals surface area contributed by atoms with E-state index in [2.05, 4.69) is 4.98 Å². The second-order valence-corrected chi connectivity index (χ2v) is 4.48. The van der Waals surface area contributed by atoms with Gasteiger partial charge < -0.3 is 9.84 Å². The van der Waals surface area contributed by atoms with E-state index in [-0.39, 0.29) is 18.1 Å². The van der Waals surface area contributed by atoms with E-state index in [4.69, 9.17) is 21.4 Å². The lowest BCUT2D eigenvalue weighted by Crippen LogP contribution is -2.10. The summed E-state index contributed by atoms with van der Waals surface area (Å²) in [6, 6.07) is 9.72. The van der Waals surface area contributed by atoms with E-state index in [0.717, 1.165) is 11.3 Å². The number of aromatic hydroxyl groups is 1. The molecule has 1 N–H and O–H groups in total. The van der Waals surface area contributed by atoms with Gasteiger partial charge in [0.25, 0.3) is 0 Å². The number of benzene rings is 1. The largest absolute Gasteiger partial charge is 0.508 e. The summed E-state index contributed by atoms with van der Waals surface area (Å²) in [4.78, 5) is 15.9. The topological polar surface area (TPSA) is 59.4 Å². The van der Waals surface area contributed by atoms with Crippen molar-refractivity contribution >= 4 is 17.6 Å². The molecule has 0 aliphatic heterocycles. The number of esters is 1. The molecule has 0 bridgehead atoms. The Morgan fingerprint density at radius 1 is 1.25 bits per heavy atom. The summed E-state index contributed by atoms with van der Waals surface area (Å²) in [7, 11) is 0. The molecule has 2 rings (SSSR count). The molecule has 1 heterocycles. The van der Waals surface area contributed by atoms with E-state index >= 15 is 0 Å². The Morgan fingerprint density at radius 3 is 2.70 bits per heavy atom. The van der Waals surface area contributed by atoms with Crippen molar-refractivity contribution < 1.29 is 14.6 Å². The molecule has 0 atom stereocenters. The van der Waals surface area contributed by atoms with Crippen molar-refractivity contribution in [1.29, 1.82) is 0 Å². The summed E-state index contributed by atoms with van der Waals surface area (Å²) in [5, 5.41) is 9.14. The Bertz CT molecular complexity index is 584. The standard InChI is InChI=1S/C15H14ClNO3/c16-10-11-2-1-9-17-14(11)7-8-15(19)20-13-5-3-12(18)4-6-13/h1-6,9,18H,7-8,10H2. The minimum atomic E-state index is -0.345. The molecule has 0 saturated carbocycles. The summed E-state index contributed by atoms with van der Waals surface area (Å²) < 4.78 is 5.15. The molecule has 0 radical (unpaired) electrons. The normalized spacial score (nSPS) is 10.2. The van der Waals surface area contributed by atoms with Crippen LogP contribution in [0.4, 0.5) is 0 Å². The van der Waals surface area contributed by atoms with Crippen molar-refractivity contribution in [2.75, 3.05) is 0 Å². The fourth-order valence-corrected chi connectivity index (χ4v) is 1.98. The number of aromatic nitrogens is 1. The third kappa shape index (κ3) is 3.96. The van der Waals surface area contributed by atoms with Gasteiger partial charge in [0.2, 0.25) is 0 Å². The predicted octanol–water partition coefficient (Wildman–Crippen LogP) is 3.06. The molecule has 1 aromatic carbocycles. The SMILES string of the molecule is O=C(CCc1ncccc1CCl)Oc1ccc(O)cc1. The second-order valence-electron chi connectivity index (χ2n) is 4.21. The number of phenolic OH excluding ortho intramolecular Hbond substituents is 1. The first-order valence-corrected chi connectivity index (χ1v) is 6.71. The van der Waals surface area contributed by atoms with Crippen LogP contribution in [0.1, 0.15) is 17.7 Å². The second kappa shape index (κ2) is 6.91. The Balaban J connectivity index is 1.90. The number of alkyl halides is 1. The van der Waals surface area contributed by atoms with E-state index in [1.807, 2.05) is 12.1 Å². The molecule has 0 aliphatic carbocycles. The van der Waals surface area contributed by atoms with Crippen LogP contribution in [0.3, 0.4) is 0 Å². The van der Waals surface area contributed by atoms with Gasteiger partial charge in [-0.15, -0.1) is 11.6 Å². The molecule has 4 nitrogen and oxygen atoms in total. The number of ether oxygens (including phenoxy) is 1. The van der Waals surface area contributed by atoms with Crippen LogP contribution >= 0.6 is 11.6 Å². The fourth-order valence-electron chi connectivity index (χ4n) is 1.74. The van der Waals surface area contributed by atoms with Crippen molar-refractivity contribution in [1.82, 2.24) is 4.98 Å². The zero-order chi connectivity index (χ0) is 14.4. The Kier molecular flexibility index (Phi) is 4.96. The zero-order valence-electron chi connectivity index (χ0n) is 10.8. The highest BCUT2D eigenvalue weighted by Gasteiger charge is 2.08. The van der Waals surface area contributed by atoms with Crippen molar-refractivity contribution in [3.05, 3.63) is 53.9 Å². The lowest BCUT2D eigenvalue weighted by atomic mass is 10.1. The van der Waals surface area contributed by atoms with Gasteiger partial charge in [0, 0.05) is 24.2 Å². The number of nitrogens with zero attached hydrogens (tertiary/aromatic N) is 1. The van der Waals surface area contributed by atoms with Crippen LogP contribution in [-0.4, -0.2) is 16.1 Å². The monoisotopic (exact) mass is 291 g/mol. The number of aryl methyl sites for hydroxylation is 1. The number of pyridine rings is 1. The summed E-state index contributed by atoms with van der Waals surface area (Å²) in [6.45, 7) is 0. The van der Waals surface area contributed by atoms with Gasteiger partial charge in [0.15, 0.2) is 0 Å². The maximum atomic E-state index is 11.7. The first-order chi connectivity index (χ1) is 9.69. The van der Waals surface area contributed by atoms with Crippen LogP contribution in [-0.2, 0) is 17.1 Å². The lowest BCUT2D eigenvalue weighted by molar-refractivity contribution is -0.134. The number of phenols is 1. The van der Waals surface area contributed by atoms with Gasteiger partial charge in [-0.25, -0.2) is 0 Å². The highest BCUT2D eigenvalue weighted by atomic mass is 35.5. The maximum Gasteiger partial charge on any atom is 0.311 e. The Morgan fingerprint density at radius 2 is 2.00 bits per heavy atom. The van der Waals surface area contributed by atoms with E-state index in [9.17, 15) is 4.79 Å². The molecule has 0 amide bonds. The fraction of sp³-hybridized carbons (Fsp3) is 0.200. The van der Waals surface area contributed by atoms with Crippen molar-refractivity contribution in [3.63, 3.8) is 0 Å². The molecule has 0 aliphatic rings. The Labute approximate surface area is 122 Å². The number of carbonyl (C=O) groups is 1. The van der Waals surface area contributed by atoms with E-state index < -0.39 is 0 Å². The van der Waals surface area contributed by atoms with Gasteiger partial charge in [0.1, 0.15) is 11.5 Å². The molecular formula is C15H14ClNO3. The van der Waals surface area contributed by atoms with Gasteiger partial charge >= 0.3 is 5.97 Å². The summed E-state index contributed by atoms with van der Waals surface area (Å²) in [5.41, 5.74) is 1.73. The van der Waals surface area contributed by atoms with Gasteiger partial charge in [-0.1, -0.05) is 6.07 Å². The van der Waals surface area contributed by atoms with Gasteiger partial charge in [-0.05, 0) is 35.9 Å². The molecular weight excluding hydrogens is 278 g/mol. The Hall–Kier alpha value is -2.07. The molecule has 20 heavy (non-hydrogen) atoms. The van der Waals surface area contributed by atoms with Crippen LogP contribution in [0.5, 0.6) is 11.5 Å². The molecule has 104 valence electrons. The third-order valence-corrected chi connectivity index (χ3v) is 3.05. The van der Waals surface area contributed by atoms with Crippen LogP contribution < -0.4 is 4.74 Å². The van der Waals surface area contributed by atoms with Crippen LogP contribution in [0.25, 0.3) is 0 Å². The van der Waals surface area contributed by atoms with E-state index in [1.165, 1.54) is 24.3 Å². The predicted molar refractivity (Wildman–Crippen MR) is 75.9 cm³/mol. The number of hydrogen-bond donors (Lipinski definition) is 1. The summed E-state index contributed by atoms with van der Waals surface area (Å²) in [5.74, 6) is 0.564. The summed E-state index contributed by atoms with van der Waals surface area (Å²) in [6.07, 6.45) is 2.39. The minimum absolute atomic E-state index is 0.130. The average molecular weight is 292 g/mol. The molecule has 2 aromatic rings. The van der Waals surface area contributed by atoms with E-state index in [1.54, 1.807) is 6.20 Å². The van der Waals surface area contributed by atoms with Crippen molar-refractivity contribution in [2.24, 2.45) is 0 Å². The van der Waals surface area contributed by atoms with Gasteiger partial charge in [-0.2, -0.15) is 0 Å². The molecule has 0 saturated heterocycles. The van der Waals surface area contributed by atoms with Gasteiger partial charge in [-0.3, -0.25) is 9.78 Å². The average Bonchev–Trinajstić information content (AvgIpc) is 2.48. The minimum Gasteiger partial charge on any atom is -0.508 e. The lowest BCUT2D eigenvalue weighted by Gasteiger charge is -2.06. The van der Waals surface area contributed by atoms with Gasteiger partial charge in [0.05, 0.1) is 6.42 Å².